The number of ether oxygens (including phenoxy) is 1. The Balaban J connectivity index is 1.40. The summed E-state index contributed by atoms with van der Waals surface area (Å²) >= 11 is 0. The molecule has 0 aromatic carbocycles. The summed E-state index contributed by atoms with van der Waals surface area (Å²) in [5.41, 5.74) is 1.27. The average Bonchev–Trinajstić information content (AvgIpc) is 3.32. The molecular formula is C16H25N3O. The molecule has 1 saturated heterocycles. The quantitative estimate of drug-likeness (QED) is 0.862. The number of hydrogen-bond donors (Lipinski definition) is 1. The van der Waals surface area contributed by atoms with Crippen LogP contribution < -0.4 is 10.1 Å². The van der Waals surface area contributed by atoms with E-state index >= 15 is 0 Å². The molecule has 20 heavy (non-hydrogen) atoms. The van der Waals surface area contributed by atoms with Gasteiger partial charge in [0.05, 0.1) is 7.11 Å². The molecule has 1 N–H and O–H groups in total. The molecule has 4 nitrogen and oxygen atoms in total. The van der Waals surface area contributed by atoms with Gasteiger partial charge in [-0.05, 0) is 56.8 Å². The van der Waals surface area contributed by atoms with E-state index < -0.39 is 0 Å². The van der Waals surface area contributed by atoms with Crippen molar-refractivity contribution >= 4 is 0 Å². The zero-order valence-corrected chi connectivity index (χ0v) is 12.3. The van der Waals surface area contributed by atoms with Crippen molar-refractivity contribution in [2.45, 2.75) is 38.3 Å². The van der Waals surface area contributed by atoms with E-state index in [4.69, 9.17) is 4.74 Å². The minimum absolute atomic E-state index is 0.691. The number of piperidine rings is 1. The fourth-order valence-electron chi connectivity index (χ4n) is 2.83. The summed E-state index contributed by atoms with van der Waals surface area (Å²) in [7, 11) is 1.65. The van der Waals surface area contributed by atoms with Crippen molar-refractivity contribution in [3.63, 3.8) is 0 Å². The van der Waals surface area contributed by atoms with Gasteiger partial charge in [0, 0.05) is 24.8 Å². The lowest BCUT2D eigenvalue weighted by molar-refractivity contribution is 0.190. The lowest BCUT2D eigenvalue weighted by Gasteiger charge is -2.32. The van der Waals surface area contributed by atoms with Crippen LogP contribution in [0.1, 0.15) is 31.2 Å². The molecule has 1 aromatic rings. The number of pyridine rings is 1. The third-order valence-electron chi connectivity index (χ3n) is 4.39. The highest BCUT2D eigenvalue weighted by Gasteiger charge is 2.24. The van der Waals surface area contributed by atoms with E-state index in [1.54, 1.807) is 7.11 Å². The summed E-state index contributed by atoms with van der Waals surface area (Å²) in [6.45, 7) is 4.63. The summed E-state index contributed by atoms with van der Waals surface area (Å²) in [4.78, 5) is 6.80. The van der Waals surface area contributed by atoms with Crippen LogP contribution >= 0.6 is 0 Å². The Labute approximate surface area is 121 Å². The van der Waals surface area contributed by atoms with Gasteiger partial charge in [0.1, 0.15) is 0 Å². The van der Waals surface area contributed by atoms with Gasteiger partial charge in [-0.3, -0.25) is 4.90 Å². The summed E-state index contributed by atoms with van der Waals surface area (Å²) in [6.07, 6.45) is 7.36. The number of nitrogens with zero attached hydrogens (tertiary/aromatic N) is 2. The fourth-order valence-corrected chi connectivity index (χ4v) is 2.83. The number of nitrogens with one attached hydrogen (secondary N) is 1. The minimum Gasteiger partial charge on any atom is -0.481 e. The highest BCUT2D eigenvalue weighted by molar-refractivity contribution is 5.17. The van der Waals surface area contributed by atoms with E-state index in [1.165, 1.54) is 50.9 Å². The Morgan fingerprint density at radius 2 is 2.05 bits per heavy atom. The highest BCUT2D eigenvalue weighted by Crippen LogP contribution is 2.28. The van der Waals surface area contributed by atoms with Crippen LogP contribution in [-0.4, -0.2) is 42.7 Å². The van der Waals surface area contributed by atoms with Crippen LogP contribution in [0.15, 0.2) is 18.3 Å². The summed E-state index contributed by atoms with van der Waals surface area (Å²) in [5, 5.41) is 3.73. The fraction of sp³-hybridized carbons (Fsp3) is 0.688. The zero-order chi connectivity index (χ0) is 13.8. The van der Waals surface area contributed by atoms with Gasteiger partial charge in [-0.25, -0.2) is 4.98 Å². The predicted molar refractivity (Wildman–Crippen MR) is 79.8 cm³/mol. The molecule has 2 fully saturated rings. The third-order valence-corrected chi connectivity index (χ3v) is 4.39. The standard InChI is InChI=1S/C16H25N3O/c1-20-16-5-4-14(11-18-16)12-19-8-6-15(7-9-19)17-10-13-2-3-13/h4-5,11,13,15,17H,2-3,6-10,12H2,1H3. The Bertz CT molecular complexity index is 408. The molecule has 0 radical (unpaired) electrons. The van der Waals surface area contributed by atoms with Crippen molar-refractivity contribution in [1.82, 2.24) is 15.2 Å². The van der Waals surface area contributed by atoms with Gasteiger partial charge < -0.3 is 10.1 Å². The second-order valence-corrected chi connectivity index (χ2v) is 6.11. The van der Waals surface area contributed by atoms with Crippen molar-refractivity contribution in [2.24, 2.45) is 5.92 Å². The Morgan fingerprint density at radius 3 is 2.65 bits per heavy atom. The molecule has 4 heteroatoms. The zero-order valence-electron chi connectivity index (χ0n) is 12.3. The molecule has 3 rings (SSSR count). The largest absolute Gasteiger partial charge is 0.481 e. The summed E-state index contributed by atoms with van der Waals surface area (Å²) in [5.74, 6) is 1.68. The van der Waals surface area contributed by atoms with E-state index in [2.05, 4.69) is 21.3 Å². The van der Waals surface area contributed by atoms with Gasteiger partial charge in [0.25, 0.3) is 0 Å². The normalized spacial score (nSPS) is 21.1. The van der Waals surface area contributed by atoms with E-state index in [1.807, 2.05) is 12.3 Å². The van der Waals surface area contributed by atoms with E-state index in [0.29, 0.717) is 5.88 Å². The van der Waals surface area contributed by atoms with Crippen LogP contribution in [0.3, 0.4) is 0 Å². The van der Waals surface area contributed by atoms with Gasteiger partial charge in [0.2, 0.25) is 5.88 Å². The monoisotopic (exact) mass is 275 g/mol. The van der Waals surface area contributed by atoms with Crippen molar-refractivity contribution in [3.8, 4) is 5.88 Å². The van der Waals surface area contributed by atoms with Crippen molar-refractivity contribution in [2.75, 3.05) is 26.7 Å². The molecule has 110 valence electrons. The molecule has 1 saturated carbocycles. The van der Waals surface area contributed by atoms with Crippen LogP contribution in [0, 0.1) is 5.92 Å². The van der Waals surface area contributed by atoms with E-state index in [0.717, 1.165) is 18.5 Å². The first kappa shape index (κ1) is 13.8. The molecule has 2 aliphatic rings. The maximum atomic E-state index is 5.09. The number of likely N-dealkylation sites (tertiary alicyclic amines) is 1. The van der Waals surface area contributed by atoms with Crippen LogP contribution in [0.4, 0.5) is 0 Å². The Hall–Kier alpha value is -1.13. The molecule has 1 aliphatic carbocycles. The molecule has 0 atom stereocenters. The number of methoxy groups -OCH3 is 1. The first-order valence-corrected chi connectivity index (χ1v) is 7.78. The smallest absolute Gasteiger partial charge is 0.212 e. The van der Waals surface area contributed by atoms with Gasteiger partial charge in [-0.15, -0.1) is 0 Å². The van der Waals surface area contributed by atoms with Crippen molar-refractivity contribution < 1.29 is 4.74 Å². The molecule has 2 heterocycles. The van der Waals surface area contributed by atoms with Gasteiger partial charge in [0.15, 0.2) is 0 Å². The molecule has 1 aromatic heterocycles. The first-order valence-electron chi connectivity index (χ1n) is 7.78. The van der Waals surface area contributed by atoms with Crippen molar-refractivity contribution in [1.29, 1.82) is 0 Å². The molecular weight excluding hydrogens is 250 g/mol. The maximum Gasteiger partial charge on any atom is 0.212 e. The minimum atomic E-state index is 0.691. The lowest BCUT2D eigenvalue weighted by atomic mass is 10.0. The number of rotatable bonds is 6. The summed E-state index contributed by atoms with van der Waals surface area (Å²) < 4.78 is 5.09. The molecule has 1 aliphatic heterocycles. The van der Waals surface area contributed by atoms with E-state index in [-0.39, 0.29) is 0 Å². The number of hydrogen-bond acceptors (Lipinski definition) is 4. The van der Waals surface area contributed by atoms with Crippen LogP contribution in [-0.2, 0) is 6.54 Å². The second-order valence-electron chi connectivity index (χ2n) is 6.11. The molecule has 0 spiro atoms. The Morgan fingerprint density at radius 1 is 1.25 bits per heavy atom. The SMILES string of the molecule is COc1ccc(CN2CCC(NCC3CC3)CC2)cn1. The molecule has 0 unspecified atom stereocenters. The first-order chi connectivity index (χ1) is 9.83. The predicted octanol–water partition coefficient (Wildman–Crippen LogP) is 2.05. The topological polar surface area (TPSA) is 37.4 Å². The molecule has 0 bridgehead atoms. The van der Waals surface area contributed by atoms with Gasteiger partial charge in [-0.1, -0.05) is 6.07 Å². The number of aromatic nitrogens is 1. The van der Waals surface area contributed by atoms with Crippen LogP contribution in [0.25, 0.3) is 0 Å². The maximum absolute atomic E-state index is 5.09. The third kappa shape index (κ3) is 3.93. The van der Waals surface area contributed by atoms with Crippen LogP contribution in [0.2, 0.25) is 0 Å². The lowest BCUT2D eigenvalue weighted by Crippen LogP contribution is -2.42. The van der Waals surface area contributed by atoms with Crippen LogP contribution in [0.5, 0.6) is 5.88 Å². The van der Waals surface area contributed by atoms with E-state index in [9.17, 15) is 0 Å². The second kappa shape index (κ2) is 6.55. The van der Waals surface area contributed by atoms with Crippen molar-refractivity contribution in [3.05, 3.63) is 23.9 Å². The van der Waals surface area contributed by atoms with Gasteiger partial charge in [-0.2, -0.15) is 0 Å². The molecule has 0 amide bonds. The summed E-state index contributed by atoms with van der Waals surface area (Å²) in [6, 6.07) is 4.79. The average molecular weight is 275 g/mol. The highest BCUT2D eigenvalue weighted by atomic mass is 16.5. The Kier molecular flexibility index (Phi) is 4.53. The van der Waals surface area contributed by atoms with Gasteiger partial charge >= 0.3 is 0 Å².